The van der Waals surface area contributed by atoms with Crippen LogP contribution < -0.4 is 4.74 Å². The first-order valence-corrected chi connectivity index (χ1v) is 11.9. The molecule has 1 unspecified atom stereocenters. The van der Waals surface area contributed by atoms with E-state index in [0.29, 0.717) is 0 Å². The molecule has 0 aromatic heterocycles. The summed E-state index contributed by atoms with van der Waals surface area (Å²) in [4.78, 5) is 0. The molecule has 4 aromatic carbocycles. The smallest absolute Gasteiger partial charge is 0.131 e. The number of rotatable bonds is 8. The number of hydrogen-bond acceptors (Lipinski definition) is 2. The van der Waals surface area contributed by atoms with E-state index < -0.39 is 5.41 Å². The van der Waals surface area contributed by atoms with Crippen molar-refractivity contribution < 1.29 is 9.84 Å². The van der Waals surface area contributed by atoms with Gasteiger partial charge in [0.2, 0.25) is 0 Å². The molecule has 1 N–H and O–H groups in total. The van der Waals surface area contributed by atoms with Gasteiger partial charge in [0.05, 0.1) is 6.61 Å². The molecule has 2 heteroatoms. The van der Waals surface area contributed by atoms with Crippen molar-refractivity contribution in [2.45, 2.75) is 39.2 Å². The summed E-state index contributed by atoms with van der Waals surface area (Å²) >= 11 is 0. The summed E-state index contributed by atoms with van der Waals surface area (Å²) in [6, 6.07) is 37.6. The van der Waals surface area contributed by atoms with Crippen LogP contribution in [0.15, 0.2) is 109 Å². The molecular weight excluding hydrogens is 416 g/mol. The maximum absolute atomic E-state index is 10.2. The van der Waals surface area contributed by atoms with E-state index in [2.05, 4.69) is 92.7 Å². The Morgan fingerprint density at radius 2 is 1.18 bits per heavy atom. The molecule has 0 heterocycles. The molecule has 4 aromatic rings. The van der Waals surface area contributed by atoms with E-state index in [1.54, 1.807) is 0 Å². The average Bonchev–Trinajstić information content (AvgIpc) is 2.88. The SMILES string of the molecule is CC(C)(c1ccccc1)c1ccccc1-c1ccccc1OC(c1ccccc1)C(C)(C)CO. The zero-order valence-corrected chi connectivity index (χ0v) is 20.5. The molecule has 0 saturated carbocycles. The van der Waals surface area contributed by atoms with Gasteiger partial charge in [-0.1, -0.05) is 131 Å². The Balaban J connectivity index is 1.82. The Kier molecular flexibility index (Phi) is 6.90. The fraction of sp³-hybridized carbons (Fsp3) is 0.250. The molecule has 1 atom stereocenters. The molecule has 174 valence electrons. The number of hydrogen-bond donors (Lipinski definition) is 1. The number of aliphatic hydroxyl groups excluding tert-OH is 1. The van der Waals surface area contributed by atoms with Gasteiger partial charge in [0, 0.05) is 16.4 Å². The normalized spacial score (nSPS) is 12.9. The minimum absolute atomic E-state index is 0.0202. The van der Waals surface area contributed by atoms with E-state index >= 15 is 0 Å². The van der Waals surface area contributed by atoms with Crippen LogP contribution in [-0.4, -0.2) is 11.7 Å². The minimum Gasteiger partial charge on any atom is -0.484 e. The lowest BCUT2D eigenvalue weighted by atomic mass is 9.75. The minimum atomic E-state index is -0.461. The van der Waals surface area contributed by atoms with Gasteiger partial charge in [0.15, 0.2) is 0 Å². The summed E-state index contributed by atoms with van der Waals surface area (Å²) in [5.41, 5.74) is 5.12. The lowest BCUT2D eigenvalue weighted by Crippen LogP contribution is -2.30. The fourth-order valence-electron chi connectivity index (χ4n) is 4.58. The van der Waals surface area contributed by atoms with Crippen LogP contribution in [0.5, 0.6) is 5.75 Å². The summed E-state index contributed by atoms with van der Waals surface area (Å²) in [6.45, 7) is 8.64. The third kappa shape index (κ3) is 4.78. The third-order valence-corrected chi connectivity index (χ3v) is 6.74. The van der Waals surface area contributed by atoms with Crippen molar-refractivity contribution in [1.82, 2.24) is 0 Å². The number of aliphatic hydroxyl groups is 1. The summed E-state index contributed by atoms with van der Waals surface area (Å²) in [6.07, 6.45) is -0.297. The summed E-state index contributed by atoms with van der Waals surface area (Å²) in [5, 5.41) is 10.2. The molecule has 0 radical (unpaired) electrons. The molecule has 0 amide bonds. The highest BCUT2D eigenvalue weighted by Gasteiger charge is 2.33. The van der Waals surface area contributed by atoms with Gasteiger partial charge in [-0.25, -0.2) is 0 Å². The summed E-state index contributed by atoms with van der Waals surface area (Å²) in [7, 11) is 0. The van der Waals surface area contributed by atoms with Crippen molar-refractivity contribution in [3.8, 4) is 16.9 Å². The average molecular weight is 451 g/mol. The zero-order chi connectivity index (χ0) is 24.2. The van der Waals surface area contributed by atoms with E-state index in [9.17, 15) is 5.11 Å². The first-order valence-electron chi connectivity index (χ1n) is 11.9. The molecule has 4 rings (SSSR count). The van der Waals surface area contributed by atoms with Crippen LogP contribution in [0.25, 0.3) is 11.1 Å². The Morgan fingerprint density at radius 1 is 0.647 bits per heavy atom. The number of benzene rings is 4. The third-order valence-electron chi connectivity index (χ3n) is 6.74. The first kappa shape index (κ1) is 23.8. The zero-order valence-electron chi connectivity index (χ0n) is 20.5. The second-order valence-electron chi connectivity index (χ2n) is 10.1. The highest BCUT2D eigenvalue weighted by atomic mass is 16.5. The Hall–Kier alpha value is -3.36. The van der Waals surface area contributed by atoms with Gasteiger partial charge in [-0.3, -0.25) is 0 Å². The van der Waals surface area contributed by atoms with Crippen molar-refractivity contribution in [1.29, 1.82) is 0 Å². The van der Waals surface area contributed by atoms with Crippen molar-refractivity contribution in [2.24, 2.45) is 5.41 Å². The van der Waals surface area contributed by atoms with E-state index in [1.807, 2.05) is 44.2 Å². The summed E-state index contributed by atoms with van der Waals surface area (Å²) < 4.78 is 6.76. The van der Waals surface area contributed by atoms with Gasteiger partial charge in [-0.05, 0) is 28.3 Å². The Labute approximate surface area is 203 Å². The maximum Gasteiger partial charge on any atom is 0.131 e. The van der Waals surface area contributed by atoms with Crippen molar-refractivity contribution in [2.75, 3.05) is 6.61 Å². The molecule has 0 aliphatic heterocycles. The van der Waals surface area contributed by atoms with Gasteiger partial charge in [0.1, 0.15) is 11.9 Å². The molecule has 2 nitrogen and oxygen atoms in total. The van der Waals surface area contributed by atoms with Gasteiger partial charge >= 0.3 is 0 Å². The second-order valence-corrected chi connectivity index (χ2v) is 10.1. The largest absolute Gasteiger partial charge is 0.484 e. The van der Waals surface area contributed by atoms with E-state index in [0.717, 1.165) is 22.4 Å². The van der Waals surface area contributed by atoms with Crippen molar-refractivity contribution >= 4 is 0 Å². The highest BCUT2D eigenvalue weighted by molar-refractivity contribution is 5.75. The first-order chi connectivity index (χ1) is 16.3. The van der Waals surface area contributed by atoms with Crippen LogP contribution >= 0.6 is 0 Å². The van der Waals surface area contributed by atoms with E-state index in [-0.39, 0.29) is 18.1 Å². The van der Waals surface area contributed by atoms with Crippen LogP contribution in [0.3, 0.4) is 0 Å². The maximum atomic E-state index is 10.2. The Morgan fingerprint density at radius 3 is 1.82 bits per heavy atom. The van der Waals surface area contributed by atoms with Crippen molar-refractivity contribution in [3.05, 3.63) is 126 Å². The van der Waals surface area contributed by atoms with Crippen LogP contribution in [0, 0.1) is 5.41 Å². The quantitative estimate of drug-likeness (QED) is 0.296. The topological polar surface area (TPSA) is 29.5 Å². The Bertz CT molecular complexity index is 1210. The van der Waals surface area contributed by atoms with Crippen LogP contribution in [-0.2, 0) is 5.41 Å². The molecule has 0 spiro atoms. The molecular formula is C32H34O2. The monoisotopic (exact) mass is 450 g/mol. The predicted octanol–water partition coefficient (Wildman–Crippen LogP) is 7.82. The van der Waals surface area contributed by atoms with Crippen LogP contribution in [0.1, 0.15) is 50.5 Å². The molecule has 0 aliphatic carbocycles. The number of para-hydroxylation sites is 1. The molecule has 0 aliphatic rings. The van der Waals surface area contributed by atoms with Gasteiger partial charge in [-0.15, -0.1) is 0 Å². The molecule has 0 bridgehead atoms. The lowest BCUT2D eigenvalue weighted by molar-refractivity contribution is 0.0241. The highest BCUT2D eigenvalue weighted by Crippen LogP contribution is 2.44. The van der Waals surface area contributed by atoms with Crippen LogP contribution in [0.4, 0.5) is 0 Å². The standard InChI is InChI=1S/C32H34O2/c1-31(2,23-33)30(24-15-7-5-8-16-24)34-29-22-14-12-20-27(29)26-19-11-13-21-28(26)32(3,4)25-17-9-6-10-18-25/h5-22,30,33H,23H2,1-4H3. The van der Waals surface area contributed by atoms with Gasteiger partial charge < -0.3 is 9.84 Å². The predicted molar refractivity (Wildman–Crippen MR) is 141 cm³/mol. The number of ether oxygens (including phenoxy) is 1. The van der Waals surface area contributed by atoms with Crippen LogP contribution in [0.2, 0.25) is 0 Å². The molecule has 0 fully saturated rings. The van der Waals surface area contributed by atoms with Gasteiger partial charge in [0.25, 0.3) is 0 Å². The van der Waals surface area contributed by atoms with E-state index in [4.69, 9.17) is 4.74 Å². The summed E-state index contributed by atoms with van der Waals surface area (Å²) in [5.74, 6) is 0.814. The van der Waals surface area contributed by atoms with Crippen molar-refractivity contribution in [3.63, 3.8) is 0 Å². The van der Waals surface area contributed by atoms with Gasteiger partial charge in [-0.2, -0.15) is 0 Å². The molecule has 0 saturated heterocycles. The molecule has 34 heavy (non-hydrogen) atoms. The fourth-order valence-corrected chi connectivity index (χ4v) is 4.58. The lowest BCUT2D eigenvalue weighted by Gasteiger charge is -2.34. The second kappa shape index (κ2) is 9.87. The van der Waals surface area contributed by atoms with E-state index in [1.165, 1.54) is 11.1 Å².